The van der Waals surface area contributed by atoms with Crippen molar-refractivity contribution in [2.24, 2.45) is 0 Å². The molecule has 0 bridgehead atoms. The predicted molar refractivity (Wildman–Crippen MR) is 81.6 cm³/mol. The van der Waals surface area contributed by atoms with Crippen molar-refractivity contribution in [2.75, 3.05) is 13.1 Å². The molecule has 0 spiro atoms. The van der Waals surface area contributed by atoms with Gasteiger partial charge in [0.25, 0.3) is 0 Å². The van der Waals surface area contributed by atoms with Crippen molar-refractivity contribution in [1.29, 1.82) is 0 Å². The summed E-state index contributed by atoms with van der Waals surface area (Å²) in [7, 11) is 0. The first-order valence-electron chi connectivity index (χ1n) is 8.05. The number of carbonyl (C=O) groups excluding carboxylic acids is 2. The monoisotopic (exact) mass is 282 g/mol. The molecule has 1 heterocycles. The highest BCUT2D eigenvalue weighted by molar-refractivity contribution is 5.79. The lowest BCUT2D eigenvalue weighted by Crippen LogP contribution is -2.45. The number of amides is 1. The van der Waals surface area contributed by atoms with Crippen LogP contribution in [0.5, 0.6) is 0 Å². The van der Waals surface area contributed by atoms with E-state index >= 15 is 0 Å². The molecule has 0 aromatic heterocycles. The standard InChI is InChI=1S/C16H30N2O2/c1-4-8-13(2)17-16(20)12-18-10-7-5-6-9-15(18)11-14(3)19/h13,15H,4-12H2,1-3H3,(H,17,20). The highest BCUT2D eigenvalue weighted by atomic mass is 16.2. The Labute approximate surface area is 123 Å². The molecule has 116 valence electrons. The van der Waals surface area contributed by atoms with Crippen LogP contribution in [0.3, 0.4) is 0 Å². The molecule has 2 atom stereocenters. The molecule has 0 saturated carbocycles. The molecule has 20 heavy (non-hydrogen) atoms. The molecule has 0 aliphatic carbocycles. The van der Waals surface area contributed by atoms with Crippen LogP contribution in [0.4, 0.5) is 0 Å². The minimum absolute atomic E-state index is 0.0985. The maximum Gasteiger partial charge on any atom is 0.234 e. The van der Waals surface area contributed by atoms with Crippen molar-refractivity contribution < 1.29 is 9.59 Å². The number of hydrogen-bond donors (Lipinski definition) is 1. The van der Waals surface area contributed by atoms with Gasteiger partial charge in [0.2, 0.25) is 5.91 Å². The van der Waals surface area contributed by atoms with Gasteiger partial charge in [-0.2, -0.15) is 0 Å². The number of carbonyl (C=O) groups is 2. The van der Waals surface area contributed by atoms with E-state index in [1.807, 2.05) is 0 Å². The topological polar surface area (TPSA) is 49.4 Å². The first kappa shape index (κ1) is 17.2. The molecule has 1 saturated heterocycles. The molecule has 0 aromatic rings. The maximum atomic E-state index is 12.1. The van der Waals surface area contributed by atoms with Crippen LogP contribution in [0.2, 0.25) is 0 Å². The fourth-order valence-electron chi connectivity index (χ4n) is 3.02. The minimum atomic E-state index is 0.0985. The van der Waals surface area contributed by atoms with Crippen LogP contribution in [0.15, 0.2) is 0 Å². The van der Waals surface area contributed by atoms with Gasteiger partial charge in [0.1, 0.15) is 5.78 Å². The summed E-state index contributed by atoms with van der Waals surface area (Å²) >= 11 is 0. The molecule has 1 aliphatic rings. The largest absolute Gasteiger partial charge is 0.353 e. The molecule has 1 rings (SSSR count). The fraction of sp³-hybridized carbons (Fsp3) is 0.875. The predicted octanol–water partition coefficient (Wildman–Crippen LogP) is 2.51. The lowest BCUT2D eigenvalue weighted by molar-refractivity contribution is -0.125. The summed E-state index contributed by atoms with van der Waals surface area (Å²) in [5, 5.41) is 3.06. The van der Waals surface area contributed by atoms with Crippen LogP contribution < -0.4 is 5.32 Å². The summed E-state index contributed by atoms with van der Waals surface area (Å²) < 4.78 is 0. The lowest BCUT2D eigenvalue weighted by Gasteiger charge is -2.29. The van der Waals surface area contributed by atoms with Gasteiger partial charge < -0.3 is 5.32 Å². The van der Waals surface area contributed by atoms with Gasteiger partial charge in [0.15, 0.2) is 0 Å². The number of likely N-dealkylation sites (tertiary alicyclic amines) is 1. The third kappa shape index (κ3) is 6.51. The van der Waals surface area contributed by atoms with E-state index in [1.165, 1.54) is 12.8 Å². The minimum Gasteiger partial charge on any atom is -0.353 e. The summed E-state index contributed by atoms with van der Waals surface area (Å²) in [4.78, 5) is 25.7. The first-order chi connectivity index (χ1) is 9.52. The first-order valence-corrected chi connectivity index (χ1v) is 8.05. The number of ketones is 1. The van der Waals surface area contributed by atoms with Gasteiger partial charge in [-0.05, 0) is 39.7 Å². The summed E-state index contributed by atoms with van der Waals surface area (Å²) in [6.45, 7) is 7.20. The Kier molecular flexibility index (Phi) is 7.82. The van der Waals surface area contributed by atoms with Gasteiger partial charge in [-0.15, -0.1) is 0 Å². The van der Waals surface area contributed by atoms with Crippen LogP contribution in [0.25, 0.3) is 0 Å². The van der Waals surface area contributed by atoms with Crippen LogP contribution in [-0.2, 0) is 9.59 Å². The second-order valence-electron chi connectivity index (χ2n) is 6.14. The number of hydrogen-bond acceptors (Lipinski definition) is 3. The average Bonchev–Trinajstić information content (AvgIpc) is 2.55. The van der Waals surface area contributed by atoms with Crippen LogP contribution >= 0.6 is 0 Å². The number of Topliss-reactive ketones (excluding diaryl/α,β-unsaturated/α-hetero) is 1. The molecule has 0 aromatic carbocycles. The summed E-state index contributed by atoms with van der Waals surface area (Å²) in [5.41, 5.74) is 0. The van der Waals surface area contributed by atoms with Gasteiger partial charge in [0, 0.05) is 18.5 Å². The van der Waals surface area contributed by atoms with E-state index in [1.54, 1.807) is 6.92 Å². The van der Waals surface area contributed by atoms with Gasteiger partial charge in [0.05, 0.1) is 6.54 Å². The van der Waals surface area contributed by atoms with E-state index in [0.717, 1.165) is 32.2 Å². The van der Waals surface area contributed by atoms with E-state index in [9.17, 15) is 9.59 Å². The molecular weight excluding hydrogens is 252 g/mol. The smallest absolute Gasteiger partial charge is 0.234 e. The van der Waals surface area contributed by atoms with Gasteiger partial charge in [-0.1, -0.05) is 26.2 Å². The van der Waals surface area contributed by atoms with Crippen LogP contribution in [-0.4, -0.2) is 41.8 Å². The summed E-state index contributed by atoms with van der Waals surface area (Å²) in [6, 6.07) is 0.493. The second kappa shape index (κ2) is 9.11. The maximum absolute atomic E-state index is 12.1. The average molecular weight is 282 g/mol. The molecule has 0 radical (unpaired) electrons. The van der Waals surface area contributed by atoms with Gasteiger partial charge >= 0.3 is 0 Å². The third-order valence-corrected chi connectivity index (χ3v) is 4.00. The molecule has 2 unspecified atom stereocenters. The van der Waals surface area contributed by atoms with Crippen molar-refractivity contribution in [3.05, 3.63) is 0 Å². The summed E-state index contributed by atoms with van der Waals surface area (Å²) in [6.07, 6.45) is 7.23. The quantitative estimate of drug-likeness (QED) is 0.780. The van der Waals surface area contributed by atoms with Crippen molar-refractivity contribution in [2.45, 2.75) is 77.8 Å². The molecule has 1 amide bonds. The van der Waals surface area contributed by atoms with Crippen LogP contribution in [0.1, 0.15) is 65.7 Å². The van der Waals surface area contributed by atoms with E-state index in [2.05, 4.69) is 24.1 Å². The highest BCUT2D eigenvalue weighted by Crippen LogP contribution is 2.19. The third-order valence-electron chi connectivity index (χ3n) is 4.00. The van der Waals surface area contributed by atoms with Gasteiger partial charge in [-0.25, -0.2) is 0 Å². The number of rotatable bonds is 7. The molecule has 1 fully saturated rings. The zero-order valence-corrected chi connectivity index (χ0v) is 13.3. The van der Waals surface area contributed by atoms with E-state index in [-0.39, 0.29) is 23.8 Å². The second-order valence-corrected chi connectivity index (χ2v) is 6.14. The number of nitrogens with one attached hydrogen (secondary N) is 1. The molecule has 1 aliphatic heterocycles. The van der Waals surface area contributed by atoms with E-state index < -0.39 is 0 Å². The SMILES string of the molecule is CCCC(C)NC(=O)CN1CCCCCC1CC(C)=O. The number of nitrogens with zero attached hydrogens (tertiary/aromatic N) is 1. The van der Waals surface area contributed by atoms with Crippen molar-refractivity contribution in [3.8, 4) is 0 Å². The lowest BCUT2D eigenvalue weighted by atomic mass is 10.0. The Bertz CT molecular complexity index is 318. The van der Waals surface area contributed by atoms with Crippen molar-refractivity contribution in [3.63, 3.8) is 0 Å². The Balaban J connectivity index is 2.51. The Morgan fingerprint density at radius 3 is 2.70 bits per heavy atom. The summed E-state index contributed by atoms with van der Waals surface area (Å²) in [5.74, 6) is 0.322. The van der Waals surface area contributed by atoms with E-state index in [4.69, 9.17) is 0 Å². The highest BCUT2D eigenvalue weighted by Gasteiger charge is 2.24. The zero-order valence-electron chi connectivity index (χ0n) is 13.3. The van der Waals surface area contributed by atoms with Crippen molar-refractivity contribution in [1.82, 2.24) is 10.2 Å². The van der Waals surface area contributed by atoms with Gasteiger partial charge in [-0.3, -0.25) is 14.5 Å². The molecule has 4 heteroatoms. The fourth-order valence-corrected chi connectivity index (χ4v) is 3.02. The van der Waals surface area contributed by atoms with Crippen molar-refractivity contribution >= 4 is 11.7 Å². The Morgan fingerprint density at radius 1 is 1.30 bits per heavy atom. The van der Waals surface area contributed by atoms with E-state index in [0.29, 0.717) is 13.0 Å². The molecule has 1 N–H and O–H groups in total. The van der Waals surface area contributed by atoms with Crippen LogP contribution in [0, 0.1) is 0 Å². The molecule has 4 nitrogen and oxygen atoms in total. The normalized spacial score (nSPS) is 22.1. The Morgan fingerprint density at radius 2 is 2.05 bits per heavy atom. The molecular formula is C16H30N2O2. The Hall–Kier alpha value is -0.900. The zero-order chi connectivity index (χ0) is 15.0.